The van der Waals surface area contributed by atoms with Crippen molar-refractivity contribution in [3.05, 3.63) is 15.9 Å². The zero-order valence-electron chi connectivity index (χ0n) is 9.98. The van der Waals surface area contributed by atoms with Gasteiger partial charge in [0.2, 0.25) is 5.95 Å². The van der Waals surface area contributed by atoms with Crippen LogP contribution in [0, 0.1) is 5.41 Å². The minimum Gasteiger partial charge on any atom is -0.369 e. The highest BCUT2D eigenvalue weighted by atomic mass is 16.1. The molecule has 1 unspecified atom stereocenters. The number of fused-ring (bicyclic) bond motifs is 1. The summed E-state index contributed by atoms with van der Waals surface area (Å²) in [6.45, 7) is 5.21. The van der Waals surface area contributed by atoms with Crippen molar-refractivity contribution in [2.75, 3.05) is 24.2 Å². The summed E-state index contributed by atoms with van der Waals surface area (Å²) in [6.07, 6.45) is 1.84. The summed E-state index contributed by atoms with van der Waals surface area (Å²) < 4.78 is 0. The van der Waals surface area contributed by atoms with Crippen molar-refractivity contribution in [3.8, 4) is 0 Å². The summed E-state index contributed by atoms with van der Waals surface area (Å²) in [5.74, 6) is 1.23. The molecule has 0 bridgehead atoms. The second kappa shape index (κ2) is 3.81. The van der Waals surface area contributed by atoms with Gasteiger partial charge in [-0.1, -0.05) is 13.8 Å². The first kappa shape index (κ1) is 11.0. The van der Waals surface area contributed by atoms with Crippen LogP contribution in [0.5, 0.6) is 0 Å². The zero-order valence-corrected chi connectivity index (χ0v) is 9.98. The monoisotopic (exact) mass is 222 g/mol. The molecule has 0 spiro atoms. The predicted octanol–water partition coefficient (Wildman–Crippen LogP) is 1.20. The summed E-state index contributed by atoms with van der Waals surface area (Å²) in [5.41, 5.74) is 0.888. The summed E-state index contributed by atoms with van der Waals surface area (Å²) in [5, 5.41) is 6.09. The van der Waals surface area contributed by atoms with E-state index in [1.165, 1.54) is 0 Å². The highest BCUT2D eigenvalue weighted by molar-refractivity contribution is 5.49. The van der Waals surface area contributed by atoms with Crippen LogP contribution in [-0.4, -0.2) is 23.6 Å². The van der Waals surface area contributed by atoms with E-state index in [1.807, 2.05) is 0 Å². The van der Waals surface area contributed by atoms with Gasteiger partial charge >= 0.3 is 0 Å². The topological polar surface area (TPSA) is 69.8 Å². The number of anilines is 2. The van der Waals surface area contributed by atoms with Crippen LogP contribution in [0.25, 0.3) is 0 Å². The lowest BCUT2D eigenvalue weighted by Crippen LogP contribution is -2.37. The number of aromatic amines is 1. The fourth-order valence-electron chi connectivity index (χ4n) is 1.96. The number of hydrogen-bond donors (Lipinski definition) is 3. The first-order valence-corrected chi connectivity index (χ1v) is 5.63. The van der Waals surface area contributed by atoms with Crippen LogP contribution in [0.3, 0.4) is 0 Å². The molecule has 16 heavy (non-hydrogen) atoms. The Hall–Kier alpha value is -1.52. The molecule has 5 nitrogen and oxygen atoms in total. The molecule has 0 amide bonds. The van der Waals surface area contributed by atoms with Crippen LogP contribution in [0.2, 0.25) is 0 Å². The van der Waals surface area contributed by atoms with Crippen molar-refractivity contribution in [3.63, 3.8) is 0 Å². The van der Waals surface area contributed by atoms with Crippen molar-refractivity contribution >= 4 is 11.8 Å². The molecule has 3 N–H and O–H groups in total. The molecule has 0 aliphatic carbocycles. The van der Waals surface area contributed by atoms with Gasteiger partial charge in [-0.2, -0.15) is 4.98 Å². The first-order chi connectivity index (χ1) is 7.58. The molecule has 2 heterocycles. The lowest BCUT2D eigenvalue weighted by molar-refractivity contribution is 0.320. The van der Waals surface area contributed by atoms with Crippen molar-refractivity contribution in [1.29, 1.82) is 0 Å². The Balaban J connectivity index is 2.44. The van der Waals surface area contributed by atoms with Crippen molar-refractivity contribution in [1.82, 2.24) is 9.97 Å². The Kier molecular flexibility index (Phi) is 2.61. The summed E-state index contributed by atoms with van der Waals surface area (Å²) in [7, 11) is 1.74. The van der Waals surface area contributed by atoms with E-state index in [0.29, 0.717) is 5.95 Å². The quantitative estimate of drug-likeness (QED) is 0.703. The van der Waals surface area contributed by atoms with Gasteiger partial charge in [-0.25, -0.2) is 0 Å². The molecule has 1 aliphatic heterocycles. The van der Waals surface area contributed by atoms with Crippen molar-refractivity contribution in [2.24, 2.45) is 5.41 Å². The Morgan fingerprint density at radius 2 is 2.31 bits per heavy atom. The van der Waals surface area contributed by atoms with E-state index in [9.17, 15) is 4.79 Å². The highest BCUT2D eigenvalue weighted by Gasteiger charge is 2.30. The number of aromatic nitrogens is 2. The average molecular weight is 222 g/mol. The van der Waals surface area contributed by atoms with Crippen LogP contribution < -0.4 is 16.2 Å². The second-order valence-corrected chi connectivity index (χ2v) is 4.69. The molecule has 0 aromatic carbocycles. The van der Waals surface area contributed by atoms with Gasteiger partial charge in [-0.15, -0.1) is 0 Å². The van der Waals surface area contributed by atoms with Crippen LogP contribution in [0.15, 0.2) is 4.79 Å². The van der Waals surface area contributed by atoms with Gasteiger partial charge in [0.05, 0.1) is 5.56 Å². The second-order valence-electron chi connectivity index (χ2n) is 4.69. The van der Waals surface area contributed by atoms with Crippen molar-refractivity contribution in [2.45, 2.75) is 26.7 Å². The predicted molar refractivity (Wildman–Crippen MR) is 65.0 cm³/mol. The summed E-state index contributed by atoms with van der Waals surface area (Å²) in [6, 6.07) is 0. The van der Waals surface area contributed by atoms with E-state index in [1.54, 1.807) is 7.05 Å². The number of rotatable bonds is 2. The Morgan fingerprint density at radius 3 is 2.94 bits per heavy atom. The summed E-state index contributed by atoms with van der Waals surface area (Å²) in [4.78, 5) is 18.9. The standard InChI is InChI=1S/C11H18N4O/c1-4-11(2)5-7-8(13-6-11)14-10(12-3)15-9(7)16/h4-6H2,1-3H3,(H3,12,13,14,15,16). The van der Waals surface area contributed by atoms with E-state index in [2.05, 4.69) is 34.4 Å². The van der Waals surface area contributed by atoms with E-state index in [-0.39, 0.29) is 11.0 Å². The lowest BCUT2D eigenvalue weighted by atomic mass is 9.79. The van der Waals surface area contributed by atoms with E-state index in [0.717, 1.165) is 30.8 Å². The molecule has 1 aliphatic rings. The Labute approximate surface area is 94.7 Å². The van der Waals surface area contributed by atoms with Gasteiger partial charge in [-0.05, 0) is 18.3 Å². The minimum atomic E-state index is -0.0405. The van der Waals surface area contributed by atoms with Crippen LogP contribution in [0.4, 0.5) is 11.8 Å². The van der Waals surface area contributed by atoms with Gasteiger partial charge in [-0.3, -0.25) is 9.78 Å². The van der Waals surface area contributed by atoms with E-state index >= 15 is 0 Å². The van der Waals surface area contributed by atoms with E-state index in [4.69, 9.17) is 0 Å². The fraction of sp³-hybridized carbons (Fsp3) is 0.636. The number of hydrogen-bond acceptors (Lipinski definition) is 4. The van der Waals surface area contributed by atoms with Gasteiger partial charge in [0.1, 0.15) is 5.82 Å². The van der Waals surface area contributed by atoms with Gasteiger partial charge in [0.15, 0.2) is 0 Å². The summed E-state index contributed by atoms with van der Waals surface area (Å²) >= 11 is 0. The fourth-order valence-corrected chi connectivity index (χ4v) is 1.96. The third-order valence-electron chi connectivity index (χ3n) is 3.39. The molecule has 1 atom stereocenters. The molecule has 88 valence electrons. The SMILES string of the molecule is CCC1(C)CNc2nc(NC)[nH]c(=O)c2C1. The van der Waals surface area contributed by atoms with Crippen molar-refractivity contribution < 1.29 is 0 Å². The molecule has 1 aromatic rings. The molecular weight excluding hydrogens is 204 g/mol. The van der Waals surface area contributed by atoms with Gasteiger partial charge in [0.25, 0.3) is 5.56 Å². The third-order valence-corrected chi connectivity index (χ3v) is 3.39. The highest BCUT2D eigenvalue weighted by Crippen LogP contribution is 2.32. The minimum absolute atomic E-state index is 0.0405. The molecule has 0 radical (unpaired) electrons. The zero-order chi connectivity index (χ0) is 11.8. The average Bonchev–Trinajstić information content (AvgIpc) is 2.30. The molecular formula is C11H18N4O. The smallest absolute Gasteiger partial charge is 0.257 e. The molecule has 1 aromatic heterocycles. The molecule has 2 rings (SSSR count). The van der Waals surface area contributed by atoms with Gasteiger partial charge in [0, 0.05) is 13.6 Å². The maximum Gasteiger partial charge on any atom is 0.257 e. The van der Waals surface area contributed by atoms with Crippen LogP contribution >= 0.6 is 0 Å². The largest absolute Gasteiger partial charge is 0.369 e. The normalized spacial score (nSPS) is 23.4. The number of nitrogens with zero attached hydrogens (tertiary/aromatic N) is 1. The maximum atomic E-state index is 11.9. The van der Waals surface area contributed by atoms with Crippen LogP contribution in [0.1, 0.15) is 25.8 Å². The lowest BCUT2D eigenvalue weighted by Gasteiger charge is -2.33. The Bertz CT molecular complexity index is 454. The molecule has 0 saturated heterocycles. The number of H-pyrrole nitrogens is 1. The first-order valence-electron chi connectivity index (χ1n) is 5.63. The van der Waals surface area contributed by atoms with E-state index < -0.39 is 0 Å². The number of nitrogens with one attached hydrogen (secondary N) is 3. The van der Waals surface area contributed by atoms with Crippen LogP contribution in [-0.2, 0) is 6.42 Å². The van der Waals surface area contributed by atoms with Gasteiger partial charge < -0.3 is 10.6 Å². The Morgan fingerprint density at radius 1 is 1.56 bits per heavy atom. The molecule has 0 fully saturated rings. The molecule has 0 saturated carbocycles. The maximum absolute atomic E-state index is 11.9. The third kappa shape index (κ3) is 1.77. The molecule has 5 heteroatoms.